The molecule has 9 nitrogen and oxygen atoms in total. The number of piperidine rings is 1. The van der Waals surface area contributed by atoms with Crippen molar-refractivity contribution < 1.29 is 38.1 Å². The Morgan fingerprint density at radius 1 is 1.12 bits per heavy atom. The molecule has 4 N–H and O–H groups in total. The van der Waals surface area contributed by atoms with E-state index in [0.29, 0.717) is 44.7 Å². The van der Waals surface area contributed by atoms with E-state index >= 15 is 0 Å². The zero-order valence-corrected chi connectivity index (χ0v) is 24.9. The lowest BCUT2D eigenvalue weighted by atomic mass is 9.90. The van der Waals surface area contributed by atoms with Crippen LogP contribution in [-0.4, -0.2) is 97.3 Å². The Hall–Kier alpha value is -2.96. The lowest BCUT2D eigenvalue weighted by molar-refractivity contribution is -0.0113. The molecule has 0 radical (unpaired) electrons. The Morgan fingerprint density at radius 2 is 1.86 bits per heavy atom. The molecular weight excluding hydrogens is 560 g/mol. The van der Waals surface area contributed by atoms with Gasteiger partial charge in [-0.15, -0.1) is 0 Å². The lowest BCUT2D eigenvalue weighted by Crippen LogP contribution is -2.57. The number of carbonyl (C=O) groups excluding carboxylic acids is 2. The fraction of sp³-hybridized carbons (Fsp3) is 0.562. The summed E-state index contributed by atoms with van der Waals surface area (Å²) in [4.78, 5) is 28.8. The Bertz CT molecular complexity index is 1230. The van der Waals surface area contributed by atoms with Crippen molar-refractivity contribution in [3.63, 3.8) is 0 Å². The first kappa shape index (κ1) is 32.9. The molecule has 5 atom stereocenters. The van der Waals surface area contributed by atoms with E-state index in [1.54, 1.807) is 37.1 Å². The number of likely N-dealkylation sites (tertiary alicyclic amines) is 1. The zero-order valence-electron chi connectivity index (χ0n) is 24.9. The molecule has 0 spiro atoms. The Kier molecular flexibility index (Phi) is 12.0. The van der Waals surface area contributed by atoms with Crippen LogP contribution in [0, 0.1) is 18.6 Å². The van der Waals surface area contributed by atoms with Crippen molar-refractivity contribution in [2.45, 2.75) is 75.8 Å². The van der Waals surface area contributed by atoms with Crippen molar-refractivity contribution >= 4 is 11.8 Å². The van der Waals surface area contributed by atoms with Crippen molar-refractivity contribution in [2.24, 2.45) is 0 Å². The molecule has 0 bridgehead atoms. The molecule has 43 heavy (non-hydrogen) atoms. The number of methoxy groups -OCH3 is 1. The molecule has 2 aromatic rings. The van der Waals surface area contributed by atoms with E-state index in [9.17, 15) is 23.5 Å². The normalized spacial score (nSPS) is 21.9. The van der Waals surface area contributed by atoms with Gasteiger partial charge in [0.2, 0.25) is 0 Å². The number of aliphatic hydroxyl groups excluding tert-OH is 2. The average molecular weight is 604 g/mol. The van der Waals surface area contributed by atoms with Crippen LogP contribution in [-0.2, 0) is 15.9 Å². The minimum atomic E-state index is -1.12. The van der Waals surface area contributed by atoms with E-state index in [2.05, 4.69) is 10.6 Å². The summed E-state index contributed by atoms with van der Waals surface area (Å²) in [6.07, 6.45) is 2.12. The van der Waals surface area contributed by atoms with Gasteiger partial charge in [0, 0.05) is 50.1 Å². The van der Waals surface area contributed by atoms with Crippen LogP contribution < -0.4 is 10.6 Å². The van der Waals surface area contributed by atoms with Crippen LogP contribution in [0.1, 0.15) is 63.9 Å². The predicted molar refractivity (Wildman–Crippen MR) is 157 cm³/mol. The van der Waals surface area contributed by atoms with Gasteiger partial charge in [0.15, 0.2) is 0 Å². The third-order valence-electron chi connectivity index (χ3n) is 8.15. The van der Waals surface area contributed by atoms with Gasteiger partial charge in [-0.25, -0.2) is 8.78 Å². The van der Waals surface area contributed by atoms with E-state index in [1.165, 1.54) is 12.1 Å². The summed E-state index contributed by atoms with van der Waals surface area (Å²) >= 11 is 0. The number of benzene rings is 2. The average Bonchev–Trinajstić information content (AvgIpc) is 3.44. The Morgan fingerprint density at radius 3 is 2.58 bits per heavy atom. The predicted octanol–water partition coefficient (Wildman–Crippen LogP) is 2.75. The first-order chi connectivity index (χ1) is 20.7. The summed E-state index contributed by atoms with van der Waals surface area (Å²) in [6, 6.07) is 6.69. The third-order valence-corrected chi connectivity index (χ3v) is 8.15. The van der Waals surface area contributed by atoms with E-state index in [1.807, 2.05) is 0 Å². The van der Waals surface area contributed by atoms with Gasteiger partial charge in [0.25, 0.3) is 11.8 Å². The van der Waals surface area contributed by atoms with E-state index in [4.69, 9.17) is 14.6 Å². The second kappa shape index (κ2) is 15.7. The molecule has 0 aliphatic carbocycles. The highest BCUT2D eigenvalue weighted by molar-refractivity contribution is 6.00. The van der Waals surface area contributed by atoms with Gasteiger partial charge in [-0.3, -0.25) is 9.59 Å². The smallest absolute Gasteiger partial charge is 0.254 e. The maximum Gasteiger partial charge on any atom is 0.254 e. The zero-order chi connectivity index (χ0) is 30.9. The fourth-order valence-corrected chi connectivity index (χ4v) is 6.08. The summed E-state index contributed by atoms with van der Waals surface area (Å²) in [5.41, 5.74) is 1.64. The fourth-order valence-electron chi connectivity index (χ4n) is 6.08. The minimum Gasteiger partial charge on any atom is -0.396 e. The number of halogens is 2. The SMILES string of the molecule is COCC1CCCN1C(=O)c1cc(C)cc(C(=O)NC(Cc2cc(F)cc(F)c2)C(O)C2CC(OCCCO)CCN2)c1. The first-order valence-corrected chi connectivity index (χ1v) is 15.0. The van der Waals surface area contributed by atoms with Crippen molar-refractivity contribution in [3.05, 3.63) is 70.3 Å². The molecule has 236 valence electrons. The summed E-state index contributed by atoms with van der Waals surface area (Å²) in [5.74, 6) is -2.20. The third kappa shape index (κ3) is 9.02. The lowest BCUT2D eigenvalue weighted by Gasteiger charge is -2.37. The van der Waals surface area contributed by atoms with Crippen LogP contribution in [0.2, 0.25) is 0 Å². The van der Waals surface area contributed by atoms with Crippen LogP contribution in [0.5, 0.6) is 0 Å². The number of hydrogen-bond donors (Lipinski definition) is 4. The van der Waals surface area contributed by atoms with E-state index < -0.39 is 35.7 Å². The number of carbonyl (C=O) groups is 2. The molecule has 2 aromatic carbocycles. The monoisotopic (exact) mass is 603 g/mol. The molecule has 2 heterocycles. The Balaban J connectivity index is 1.55. The molecule has 2 aliphatic rings. The van der Waals surface area contributed by atoms with Crippen molar-refractivity contribution in [1.29, 1.82) is 0 Å². The molecule has 0 saturated carbocycles. The molecule has 2 amide bonds. The molecule has 11 heteroatoms. The molecule has 4 rings (SSSR count). The molecule has 5 unspecified atom stereocenters. The van der Waals surface area contributed by atoms with E-state index in [-0.39, 0.29) is 42.2 Å². The highest BCUT2D eigenvalue weighted by atomic mass is 19.1. The second-order valence-corrected chi connectivity index (χ2v) is 11.5. The van der Waals surface area contributed by atoms with Crippen molar-refractivity contribution in [1.82, 2.24) is 15.5 Å². The van der Waals surface area contributed by atoms with Crippen LogP contribution in [0.4, 0.5) is 8.78 Å². The van der Waals surface area contributed by atoms with E-state index in [0.717, 1.165) is 30.9 Å². The number of nitrogens with one attached hydrogen (secondary N) is 2. The number of amides is 2. The summed E-state index contributed by atoms with van der Waals surface area (Å²) in [6.45, 7) is 3.84. The van der Waals surface area contributed by atoms with Crippen LogP contribution in [0.15, 0.2) is 36.4 Å². The standard InChI is InChI=1S/C32H43F2N3O6/c1-20-11-22(16-23(12-20)32(41)37-8-3-5-26(37)19-42-2)31(40)36-29(15-21-13-24(33)17-25(34)14-21)30(39)28-18-27(6-7-35-28)43-10-4-9-38/h11-14,16-17,26-30,35,38-39H,3-10,15,18-19H2,1-2H3,(H,36,40). The highest BCUT2D eigenvalue weighted by Gasteiger charge is 2.34. The number of rotatable bonds is 13. The van der Waals surface area contributed by atoms with Gasteiger partial charge in [-0.05, 0) is 93.5 Å². The Labute approximate surface area is 251 Å². The van der Waals surface area contributed by atoms with Crippen LogP contribution in [0.3, 0.4) is 0 Å². The number of aryl methyl sites for hydroxylation is 1. The van der Waals surface area contributed by atoms with Crippen molar-refractivity contribution in [2.75, 3.05) is 40.0 Å². The number of nitrogens with zero attached hydrogens (tertiary/aromatic N) is 1. The molecule has 2 fully saturated rings. The van der Waals surface area contributed by atoms with Gasteiger partial charge in [0.1, 0.15) is 11.6 Å². The second-order valence-electron chi connectivity index (χ2n) is 11.5. The largest absolute Gasteiger partial charge is 0.396 e. The molecule has 2 aliphatic heterocycles. The maximum absolute atomic E-state index is 14.0. The number of ether oxygens (including phenoxy) is 2. The number of hydrogen-bond acceptors (Lipinski definition) is 7. The van der Waals surface area contributed by atoms with Crippen molar-refractivity contribution in [3.8, 4) is 0 Å². The minimum absolute atomic E-state index is 0.0212. The van der Waals surface area contributed by atoms with Crippen LogP contribution >= 0.6 is 0 Å². The van der Waals surface area contributed by atoms with Gasteiger partial charge >= 0.3 is 0 Å². The maximum atomic E-state index is 14.0. The van der Waals surface area contributed by atoms with Gasteiger partial charge in [-0.1, -0.05) is 0 Å². The first-order valence-electron chi connectivity index (χ1n) is 15.0. The molecule has 0 aromatic heterocycles. The summed E-state index contributed by atoms with van der Waals surface area (Å²) in [7, 11) is 1.60. The van der Waals surface area contributed by atoms with Gasteiger partial charge in [0.05, 0.1) is 30.9 Å². The number of aliphatic hydroxyl groups is 2. The molecule has 2 saturated heterocycles. The topological polar surface area (TPSA) is 120 Å². The quantitative estimate of drug-likeness (QED) is 0.260. The summed E-state index contributed by atoms with van der Waals surface area (Å²) < 4.78 is 39.2. The van der Waals surface area contributed by atoms with Gasteiger partial charge < -0.3 is 35.2 Å². The summed E-state index contributed by atoms with van der Waals surface area (Å²) in [5, 5.41) is 26.7. The van der Waals surface area contributed by atoms with Gasteiger partial charge in [-0.2, -0.15) is 0 Å². The molecular formula is C32H43F2N3O6. The van der Waals surface area contributed by atoms with Crippen LogP contribution in [0.25, 0.3) is 0 Å². The highest BCUT2D eigenvalue weighted by Crippen LogP contribution is 2.23.